The van der Waals surface area contributed by atoms with Crippen molar-refractivity contribution in [1.29, 1.82) is 0 Å². The minimum Gasteiger partial charge on any atom is -0.502 e. The van der Waals surface area contributed by atoms with Crippen molar-refractivity contribution in [2.45, 2.75) is 6.92 Å². The molecule has 0 bridgehead atoms. The van der Waals surface area contributed by atoms with Gasteiger partial charge >= 0.3 is 5.69 Å². The van der Waals surface area contributed by atoms with Crippen molar-refractivity contribution in [2.75, 3.05) is 0 Å². The molecular formula is C8H7NO4. The molecule has 5 nitrogen and oxygen atoms in total. The van der Waals surface area contributed by atoms with Gasteiger partial charge in [-0.15, -0.1) is 0 Å². The van der Waals surface area contributed by atoms with Crippen LogP contribution in [-0.4, -0.2) is 16.3 Å². The molecule has 13 heavy (non-hydrogen) atoms. The fraction of sp³-hybridized carbons (Fsp3) is 0.125. The predicted octanol–water partition coefficient (Wildman–Crippen LogP) is 1.42. The van der Waals surface area contributed by atoms with Crippen molar-refractivity contribution in [3.05, 3.63) is 33.4 Å². The SMILES string of the molecule is Cc1cc(O)c([N+](=O)[O-])cc1C=O. The molecule has 0 fully saturated rings. The number of nitro groups is 1. The number of hydrogen-bond donors (Lipinski definition) is 1. The summed E-state index contributed by atoms with van der Waals surface area (Å²) in [7, 11) is 0. The van der Waals surface area contributed by atoms with Crippen LogP contribution in [0.4, 0.5) is 5.69 Å². The maximum atomic E-state index is 10.4. The van der Waals surface area contributed by atoms with Crippen LogP contribution < -0.4 is 0 Å². The number of carbonyl (C=O) groups is 1. The molecule has 0 unspecified atom stereocenters. The van der Waals surface area contributed by atoms with Gasteiger partial charge in [-0.05, 0) is 18.6 Å². The molecule has 0 aliphatic carbocycles. The Morgan fingerprint density at radius 1 is 1.54 bits per heavy atom. The number of phenols is 1. The second kappa shape index (κ2) is 3.22. The van der Waals surface area contributed by atoms with E-state index in [-0.39, 0.29) is 5.56 Å². The molecule has 0 amide bonds. The van der Waals surface area contributed by atoms with Gasteiger partial charge in [0.1, 0.15) is 0 Å². The Morgan fingerprint density at radius 3 is 2.62 bits per heavy atom. The lowest BCUT2D eigenvalue weighted by Gasteiger charge is -2.00. The third-order valence-electron chi connectivity index (χ3n) is 1.69. The second-order valence-corrected chi connectivity index (χ2v) is 2.57. The molecular weight excluding hydrogens is 174 g/mol. The minimum atomic E-state index is -0.734. The number of aldehydes is 1. The van der Waals surface area contributed by atoms with Crippen LogP contribution in [-0.2, 0) is 0 Å². The molecule has 1 aromatic rings. The van der Waals surface area contributed by atoms with Gasteiger partial charge in [0.25, 0.3) is 0 Å². The molecule has 1 rings (SSSR count). The van der Waals surface area contributed by atoms with E-state index >= 15 is 0 Å². The number of benzene rings is 1. The first kappa shape index (κ1) is 9.18. The highest BCUT2D eigenvalue weighted by Gasteiger charge is 2.15. The Morgan fingerprint density at radius 2 is 2.15 bits per heavy atom. The summed E-state index contributed by atoms with van der Waals surface area (Å²) in [6, 6.07) is 2.25. The topological polar surface area (TPSA) is 80.4 Å². The summed E-state index contributed by atoms with van der Waals surface area (Å²) in [6.45, 7) is 1.59. The van der Waals surface area contributed by atoms with Crippen molar-refractivity contribution >= 4 is 12.0 Å². The van der Waals surface area contributed by atoms with E-state index in [4.69, 9.17) is 5.11 Å². The van der Waals surface area contributed by atoms with E-state index in [0.717, 1.165) is 6.07 Å². The van der Waals surface area contributed by atoms with Gasteiger partial charge in [-0.25, -0.2) is 0 Å². The third kappa shape index (κ3) is 1.64. The van der Waals surface area contributed by atoms with Gasteiger partial charge < -0.3 is 5.11 Å². The third-order valence-corrected chi connectivity index (χ3v) is 1.69. The maximum Gasteiger partial charge on any atom is 0.311 e. The number of nitro benzene ring substituents is 1. The van der Waals surface area contributed by atoms with E-state index in [1.54, 1.807) is 6.92 Å². The van der Waals surface area contributed by atoms with Crippen LogP contribution in [0.2, 0.25) is 0 Å². The largest absolute Gasteiger partial charge is 0.502 e. The zero-order chi connectivity index (χ0) is 10.0. The summed E-state index contributed by atoms with van der Waals surface area (Å²) in [4.78, 5) is 20.0. The Labute approximate surface area is 73.8 Å². The first-order chi connectivity index (χ1) is 6.06. The van der Waals surface area contributed by atoms with Crippen molar-refractivity contribution in [2.24, 2.45) is 0 Å². The molecule has 0 saturated heterocycles. The highest BCUT2D eigenvalue weighted by Crippen LogP contribution is 2.28. The number of hydrogen-bond acceptors (Lipinski definition) is 4. The Kier molecular flexibility index (Phi) is 2.27. The minimum absolute atomic E-state index is 0.213. The van der Waals surface area contributed by atoms with Crippen LogP contribution in [0.25, 0.3) is 0 Å². The van der Waals surface area contributed by atoms with Crippen LogP contribution in [0.15, 0.2) is 12.1 Å². The number of phenolic OH excluding ortho intramolecular Hbond substituents is 1. The molecule has 5 heteroatoms. The number of carbonyl (C=O) groups excluding carboxylic acids is 1. The van der Waals surface area contributed by atoms with Gasteiger partial charge in [0, 0.05) is 11.6 Å². The molecule has 1 N–H and O–H groups in total. The van der Waals surface area contributed by atoms with Gasteiger partial charge in [-0.3, -0.25) is 14.9 Å². The van der Waals surface area contributed by atoms with E-state index in [9.17, 15) is 14.9 Å². The number of aromatic hydroxyl groups is 1. The summed E-state index contributed by atoms with van der Waals surface area (Å²) in [5.74, 6) is -0.423. The number of nitrogens with zero attached hydrogens (tertiary/aromatic N) is 1. The van der Waals surface area contributed by atoms with Crippen molar-refractivity contribution < 1.29 is 14.8 Å². The molecule has 0 heterocycles. The molecule has 68 valence electrons. The molecule has 0 atom stereocenters. The standard InChI is InChI=1S/C8H7NO4/c1-5-2-8(11)7(9(12)13)3-6(5)4-10/h2-4,11H,1H3. The van der Waals surface area contributed by atoms with Crippen LogP contribution in [0.3, 0.4) is 0 Å². The number of aryl methyl sites for hydroxylation is 1. The fourth-order valence-corrected chi connectivity index (χ4v) is 0.971. The monoisotopic (exact) mass is 181 g/mol. The van der Waals surface area contributed by atoms with Gasteiger partial charge in [-0.2, -0.15) is 0 Å². The van der Waals surface area contributed by atoms with Crippen LogP contribution in [0, 0.1) is 17.0 Å². The molecule has 0 saturated carbocycles. The van der Waals surface area contributed by atoms with Crippen LogP contribution in [0.5, 0.6) is 5.75 Å². The van der Waals surface area contributed by atoms with E-state index in [1.165, 1.54) is 6.07 Å². The summed E-state index contributed by atoms with van der Waals surface area (Å²) in [5.41, 5.74) is 0.273. The van der Waals surface area contributed by atoms with E-state index in [2.05, 4.69) is 0 Å². The molecule has 0 aromatic heterocycles. The van der Waals surface area contributed by atoms with Gasteiger partial charge in [0.05, 0.1) is 4.92 Å². The molecule has 0 radical (unpaired) electrons. The fourth-order valence-electron chi connectivity index (χ4n) is 0.971. The highest BCUT2D eigenvalue weighted by molar-refractivity contribution is 5.79. The highest BCUT2D eigenvalue weighted by atomic mass is 16.6. The van der Waals surface area contributed by atoms with Gasteiger partial charge in [-0.1, -0.05) is 0 Å². The zero-order valence-corrected chi connectivity index (χ0v) is 6.85. The average Bonchev–Trinajstić information content (AvgIpc) is 2.03. The molecule has 0 spiro atoms. The Balaban J connectivity index is 3.38. The van der Waals surface area contributed by atoms with Crippen LogP contribution >= 0.6 is 0 Å². The smallest absolute Gasteiger partial charge is 0.311 e. The Hall–Kier alpha value is -1.91. The van der Waals surface area contributed by atoms with E-state index in [1.807, 2.05) is 0 Å². The summed E-state index contributed by atoms with van der Waals surface area (Å²) in [6.07, 6.45) is 0.516. The average molecular weight is 181 g/mol. The first-order valence-electron chi connectivity index (χ1n) is 3.49. The van der Waals surface area contributed by atoms with E-state index in [0.29, 0.717) is 11.8 Å². The maximum absolute atomic E-state index is 10.4. The lowest BCUT2D eigenvalue weighted by molar-refractivity contribution is -0.385. The number of rotatable bonds is 2. The van der Waals surface area contributed by atoms with Gasteiger partial charge in [0.15, 0.2) is 12.0 Å². The zero-order valence-electron chi connectivity index (χ0n) is 6.85. The van der Waals surface area contributed by atoms with Crippen LogP contribution in [0.1, 0.15) is 15.9 Å². The second-order valence-electron chi connectivity index (χ2n) is 2.57. The summed E-state index contributed by atoms with van der Waals surface area (Å²) < 4.78 is 0. The van der Waals surface area contributed by atoms with Crippen molar-refractivity contribution in [1.82, 2.24) is 0 Å². The Bertz CT molecular complexity index is 373. The quantitative estimate of drug-likeness (QED) is 0.425. The lowest BCUT2D eigenvalue weighted by Crippen LogP contribution is -1.93. The predicted molar refractivity (Wildman–Crippen MR) is 44.9 cm³/mol. The normalized spacial score (nSPS) is 9.62. The summed E-state index contributed by atoms with van der Waals surface area (Å²) >= 11 is 0. The molecule has 0 aliphatic rings. The van der Waals surface area contributed by atoms with Gasteiger partial charge in [0.2, 0.25) is 0 Å². The molecule has 1 aromatic carbocycles. The lowest BCUT2D eigenvalue weighted by atomic mass is 10.1. The van der Waals surface area contributed by atoms with Crippen molar-refractivity contribution in [3.63, 3.8) is 0 Å². The molecule has 0 aliphatic heterocycles. The first-order valence-corrected chi connectivity index (χ1v) is 3.49. The van der Waals surface area contributed by atoms with E-state index < -0.39 is 16.4 Å². The summed E-state index contributed by atoms with van der Waals surface area (Å²) in [5, 5.41) is 19.5. The van der Waals surface area contributed by atoms with Crippen molar-refractivity contribution in [3.8, 4) is 5.75 Å².